The molecule has 0 heterocycles. The van der Waals surface area contributed by atoms with E-state index in [-0.39, 0.29) is 12.3 Å². The number of carbonyl (C=O) groups excluding carboxylic acids is 1. The highest BCUT2D eigenvalue weighted by atomic mass is 35.5. The summed E-state index contributed by atoms with van der Waals surface area (Å²) >= 11 is 5.78. The van der Waals surface area contributed by atoms with Gasteiger partial charge in [-0.2, -0.15) is 0 Å². The molecule has 5 heteroatoms. The topological polar surface area (TPSA) is 38.7 Å². The van der Waals surface area contributed by atoms with E-state index in [2.05, 4.69) is 4.99 Å². The van der Waals surface area contributed by atoms with E-state index in [0.29, 0.717) is 10.6 Å². The first-order valence-corrected chi connectivity index (χ1v) is 4.13. The molecule has 14 heavy (non-hydrogen) atoms. The molecule has 0 aromatic heterocycles. The van der Waals surface area contributed by atoms with Crippen molar-refractivity contribution < 1.29 is 13.9 Å². The summed E-state index contributed by atoms with van der Waals surface area (Å²) in [6, 6.07) is 2.57. The van der Waals surface area contributed by atoms with Crippen LogP contribution in [0.4, 0.5) is 4.39 Å². The standard InChI is InChI=1S/C9H7ClFNO2/c1-14-9-6(4-12-5-13)7(10)2-3-8(9)11/h2-3H,4H2,1H3. The quantitative estimate of drug-likeness (QED) is 0.573. The Morgan fingerprint density at radius 3 is 2.93 bits per heavy atom. The zero-order valence-corrected chi connectivity index (χ0v) is 8.14. The lowest BCUT2D eigenvalue weighted by Crippen LogP contribution is -1.95. The molecule has 0 saturated carbocycles. The highest BCUT2D eigenvalue weighted by Gasteiger charge is 2.12. The van der Waals surface area contributed by atoms with Gasteiger partial charge in [0.05, 0.1) is 13.7 Å². The summed E-state index contributed by atoms with van der Waals surface area (Å²) in [5, 5.41) is 0.308. The van der Waals surface area contributed by atoms with Gasteiger partial charge < -0.3 is 4.74 Å². The monoisotopic (exact) mass is 215 g/mol. The lowest BCUT2D eigenvalue weighted by Gasteiger charge is -2.08. The number of hydrogen-bond donors (Lipinski definition) is 0. The minimum Gasteiger partial charge on any atom is -0.493 e. The van der Waals surface area contributed by atoms with Crippen LogP contribution in [0.1, 0.15) is 5.56 Å². The van der Waals surface area contributed by atoms with E-state index in [9.17, 15) is 9.18 Å². The summed E-state index contributed by atoms with van der Waals surface area (Å²) < 4.78 is 17.9. The number of benzene rings is 1. The molecule has 0 aliphatic carbocycles. The van der Waals surface area contributed by atoms with E-state index >= 15 is 0 Å². The van der Waals surface area contributed by atoms with Gasteiger partial charge in [-0.1, -0.05) is 11.6 Å². The number of methoxy groups -OCH3 is 1. The van der Waals surface area contributed by atoms with Gasteiger partial charge in [0.15, 0.2) is 11.6 Å². The van der Waals surface area contributed by atoms with Gasteiger partial charge >= 0.3 is 0 Å². The maximum Gasteiger partial charge on any atom is 0.235 e. The molecule has 0 saturated heterocycles. The van der Waals surface area contributed by atoms with Crippen molar-refractivity contribution >= 4 is 17.7 Å². The molecule has 3 nitrogen and oxygen atoms in total. The van der Waals surface area contributed by atoms with Crippen LogP contribution in [0.5, 0.6) is 5.75 Å². The number of aliphatic imine (C=N–C) groups is 1. The van der Waals surface area contributed by atoms with E-state index in [0.717, 1.165) is 0 Å². The Morgan fingerprint density at radius 2 is 2.36 bits per heavy atom. The number of halogens is 2. The van der Waals surface area contributed by atoms with Crippen LogP contribution in [-0.2, 0) is 11.3 Å². The van der Waals surface area contributed by atoms with E-state index < -0.39 is 5.82 Å². The highest BCUT2D eigenvalue weighted by Crippen LogP contribution is 2.29. The van der Waals surface area contributed by atoms with E-state index in [1.165, 1.54) is 25.3 Å². The van der Waals surface area contributed by atoms with Gasteiger partial charge in [-0.25, -0.2) is 14.2 Å². The second kappa shape index (κ2) is 4.74. The average molecular weight is 216 g/mol. The van der Waals surface area contributed by atoms with Crippen LogP contribution in [0.2, 0.25) is 5.02 Å². The second-order valence-corrected chi connectivity index (χ2v) is 2.86. The van der Waals surface area contributed by atoms with Gasteiger partial charge in [0.25, 0.3) is 0 Å². The minimum atomic E-state index is -0.534. The maximum atomic E-state index is 13.1. The molecule has 74 valence electrons. The third-order valence-electron chi connectivity index (χ3n) is 1.66. The fourth-order valence-corrected chi connectivity index (χ4v) is 1.26. The number of isocyanates is 1. The Morgan fingerprint density at radius 1 is 1.64 bits per heavy atom. The summed E-state index contributed by atoms with van der Waals surface area (Å²) in [7, 11) is 1.32. The van der Waals surface area contributed by atoms with Gasteiger partial charge in [-0.15, -0.1) is 0 Å². The molecular formula is C9H7ClFNO2. The summed E-state index contributed by atoms with van der Waals surface area (Å²) in [5.41, 5.74) is 0.345. The van der Waals surface area contributed by atoms with Crippen LogP contribution in [0, 0.1) is 5.82 Å². The number of ether oxygens (including phenoxy) is 1. The van der Waals surface area contributed by atoms with Gasteiger partial charge in [0, 0.05) is 10.6 Å². The third-order valence-corrected chi connectivity index (χ3v) is 2.02. The molecule has 0 unspecified atom stereocenters. The SMILES string of the molecule is COc1c(F)ccc(Cl)c1CN=C=O. The van der Waals surface area contributed by atoms with Gasteiger partial charge in [-0.05, 0) is 12.1 Å². The van der Waals surface area contributed by atoms with E-state index in [1.807, 2.05) is 0 Å². The zero-order chi connectivity index (χ0) is 10.6. The molecule has 0 N–H and O–H groups in total. The normalized spacial score (nSPS) is 9.36. The van der Waals surface area contributed by atoms with Crippen LogP contribution in [0.3, 0.4) is 0 Å². The molecule has 1 aromatic rings. The predicted molar refractivity (Wildman–Crippen MR) is 49.8 cm³/mol. The van der Waals surface area contributed by atoms with Crippen molar-refractivity contribution in [3.8, 4) is 5.75 Å². The maximum absolute atomic E-state index is 13.1. The Hall–Kier alpha value is -1.38. The smallest absolute Gasteiger partial charge is 0.235 e. The van der Waals surface area contributed by atoms with Crippen molar-refractivity contribution in [3.05, 3.63) is 28.5 Å². The second-order valence-electron chi connectivity index (χ2n) is 2.45. The summed E-state index contributed by atoms with van der Waals surface area (Å²) in [5.74, 6) is -0.524. The van der Waals surface area contributed by atoms with Crippen LogP contribution < -0.4 is 4.74 Å². The summed E-state index contributed by atoms with van der Waals surface area (Å²) in [4.78, 5) is 13.2. The Labute approximate surface area is 85.2 Å². The predicted octanol–water partition coefficient (Wildman–Crippen LogP) is 2.32. The highest BCUT2D eigenvalue weighted by molar-refractivity contribution is 6.31. The molecule has 0 atom stereocenters. The van der Waals surface area contributed by atoms with Crippen LogP contribution >= 0.6 is 11.6 Å². The Bertz CT molecular complexity index is 389. The van der Waals surface area contributed by atoms with Crippen molar-refractivity contribution in [2.75, 3.05) is 7.11 Å². The number of rotatable bonds is 3. The molecule has 0 fully saturated rings. The van der Waals surface area contributed by atoms with Crippen molar-refractivity contribution in [2.45, 2.75) is 6.54 Å². The fourth-order valence-electron chi connectivity index (χ4n) is 1.05. The van der Waals surface area contributed by atoms with Crippen molar-refractivity contribution in [2.24, 2.45) is 4.99 Å². The van der Waals surface area contributed by atoms with E-state index in [1.54, 1.807) is 0 Å². The van der Waals surface area contributed by atoms with Crippen LogP contribution in [-0.4, -0.2) is 13.2 Å². The average Bonchev–Trinajstić information content (AvgIpc) is 2.19. The summed E-state index contributed by atoms with van der Waals surface area (Å²) in [6.07, 6.45) is 1.35. The first-order valence-electron chi connectivity index (χ1n) is 3.75. The van der Waals surface area contributed by atoms with Crippen molar-refractivity contribution in [1.29, 1.82) is 0 Å². The Balaban J connectivity index is 3.21. The van der Waals surface area contributed by atoms with Crippen molar-refractivity contribution in [3.63, 3.8) is 0 Å². The molecule has 0 radical (unpaired) electrons. The number of nitrogens with zero attached hydrogens (tertiary/aromatic N) is 1. The molecule has 0 spiro atoms. The van der Waals surface area contributed by atoms with Crippen LogP contribution in [0.25, 0.3) is 0 Å². The lowest BCUT2D eigenvalue weighted by molar-refractivity contribution is 0.381. The van der Waals surface area contributed by atoms with Gasteiger partial charge in [0.2, 0.25) is 6.08 Å². The minimum absolute atomic E-state index is 0.0106. The lowest BCUT2D eigenvalue weighted by atomic mass is 10.2. The molecule has 1 aromatic carbocycles. The van der Waals surface area contributed by atoms with Crippen molar-refractivity contribution in [1.82, 2.24) is 0 Å². The molecule has 0 bridgehead atoms. The fraction of sp³-hybridized carbons (Fsp3) is 0.222. The molecule has 1 rings (SSSR count). The van der Waals surface area contributed by atoms with Gasteiger partial charge in [-0.3, -0.25) is 0 Å². The Kier molecular flexibility index (Phi) is 3.63. The largest absolute Gasteiger partial charge is 0.493 e. The molecule has 0 aliphatic heterocycles. The molecular weight excluding hydrogens is 209 g/mol. The van der Waals surface area contributed by atoms with Gasteiger partial charge in [0.1, 0.15) is 0 Å². The van der Waals surface area contributed by atoms with Crippen LogP contribution in [0.15, 0.2) is 17.1 Å². The first kappa shape index (κ1) is 10.7. The molecule has 0 amide bonds. The first-order chi connectivity index (χ1) is 6.70. The number of hydrogen-bond acceptors (Lipinski definition) is 3. The zero-order valence-electron chi connectivity index (χ0n) is 7.38. The van der Waals surface area contributed by atoms with E-state index in [4.69, 9.17) is 16.3 Å². The third kappa shape index (κ3) is 2.10. The molecule has 0 aliphatic rings. The summed E-state index contributed by atoms with van der Waals surface area (Å²) in [6.45, 7) is -0.0384.